The van der Waals surface area contributed by atoms with Crippen molar-refractivity contribution in [2.45, 2.75) is 12.2 Å². The quantitative estimate of drug-likeness (QED) is 0.752. The molecule has 9 heteroatoms. The Morgan fingerprint density at radius 3 is 2.10 bits per heavy atom. The van der Waals surface area contributed by atoms with E-state index in [2.05, 4.69) is 5.32 Å². The topological polar surface area (TPSA) is 15.3 Å². The minimum Gasteiger partial charge on any atom is -0.314 e. The van der Waals surface area contributed by atoms with Crippen molar-refractivity contribution in [3.05, 3.63) is 32.8 Å². The van der Waals surface area contributed by atoms with Crippen LogP contribution in [-0.2, 0) is 0 Å². The molecule has 0 radical (unpaired) electrons. The number of benzene rings is 1. The predicted molar refractivity (Wildman–Crippen MR) is 82.0 cm³/mol. The van der Waals surface area contributed by atoms with Gasteiger partial charge in [-0.3, -0.25) is 4.90 Å². The van der Waals surface area contributed by atoms with Gasteiger partial charge in [-0.15, -0.1) is 12.4 Å². The van der Waals surface area contributed by atoms with Crippen molar-refractivity contribution >= 4 is 47.2 Å². The molecule has 0 aromatic heterocycles. The molecule has 0 aliphatic carbocycles. The largest absolute Gasteiger partial charge is 0.408 e. The number of hydrogen-bond acceptors (Lipinski definition) is 2. The molecule has 120 valence electrons. The van der Waals surface area contributed by atoms with E-state index >= 15 is 0 Å². The van der Waals surface area contributed by atoms with Crippen molar-refractivity contribution in [1.82, 2.24) is 10.2 Å². The van der Waals surface area contributed by atoms with Gasteiger partial charge in [-0.2, -0.15) is 13.2 Å². The second-order valence-corrected chi connectivity index (χ2v) is 5.68. The lowest BCUT2D eigenvalue weighted by molar-refractivity contribution is -0.187. The minimum absolute atomic E-state index is 0. The Morgan fingerprint density at radius 2 is 1.57 bits per heavy atom. The fourth-order valence-electron chi connectivity index (χ4n) is 2.29. The van der Waals surface area contributed by atoms with E-state index in [0.29, 0.717) is 13.1 Å². The summed E-state index contributed by atoms with van der Waals surface area (Å²) in [4.78, 5) is 1.32. The summed E-state index contributed by atoms with van der Waals surface area (Å²) in [5.74, 6) is 0. The summed E-state index contributed by atoms with van der Waals surface area (Å²) in [6.07, 6.45) is -4.48. The van der Waals surface area contributed by atoms with Crippen LogP contribution in [0.4, 0.5) is 13.2 Å². The molecule has 1 N–H and O–H groups in total. The van der Waals surface area contributed by atoms with E-state index in [0.717, 1.165) is 0 Å². The van der Waals surface area contributed by atoms with E-state index in [1.54, 1.807) is 0 Å². The lowest BCUT2D eigenvalue weighted by Gasteiger charge is -2.37. The van der Waals surface area contributed by atoms with Crippen LogP contribution in [0.15, 0.2) is 12.1 Å². The molecule has 0 amide bonds. The smallest absolute Gasteiger partial charge is 0.314 e. The molecule has 0 saturated carbocycles. The first-order chi connectivity index (χ1) is 9.32. The molecule has 1 atom stereocenters. The minimum atomic E-state index is -4.48. The van der Waals surface area contributed by atoms with Gasteiger partial charge in [-0.25, -0.2) is 0 Å². The van der Waals surface area contributed by atoms with Gasteiger partial charge in [0.15, 0.2) is 0 Å². The fourth-order valence-corrected chi connectivity index (χ4v) is 3.03. The van der Waals surface area contributed by atoms with E-state index in [-0.39, 0.29) is 46.1 Å². The number of alkyl halides is 3. The van der Waals surface area contributed by atoms with Crippen LogP contribution in [0.1, 0.15) is 11.6 Å². The molecule has 0 unspecified atom stereocenters. The molecule has 1 heterocycles. The molecule has 2 nitrogen and oxygen atoms in total. The van der Waals surface area contributed by atoms with Crippen molar-refractivity contribution < 1.29 is 13.2 Å². The SMILES string of the molecule is Cl.FC(F)(F)[C@H](c1c(Cl)ccc(Cl)c1Cl)N1CCNCC1. The molecule has 1 saturated heterocycles. The molecular weight excluding hydrogens is 371 g/mol. The molecule has 1 fully saturated rings. The zero-order valence-electron chi connectivity index (χ0n) is 10.7. The Bertz CT molecular complexity index is 490. The summed E-state index contributed by atoms with van der Waals surface area (Å²) in [6, 6.07) is 0.885. The Kier molecular flexibility index (Phi) is 6.90. The molecule has 0 bridgehead atoms. The van der Waals surface area contributed by atoms with Crippen molar-refractivity contribution in [2.75, 3.05) is 26.2 Å². The standard InChI is InChI=1S/C12H12Cl3F3N2.ClH/c13-7-1-2-8(14)10(15)9(7)11(12(16,17)18)20-5-3-19-4-6-20;/h1-2,11,19H,3-6H2;1H/t11-;/m0./s1. The maximum absolute atomic E-state index is 13.5. The van der Waals surface area contributed by atoms with Gasteiger partial charge in [-0.05, 0) is 12.1 Å². The second kappa shape index (κ2) is 7.57. The van der Waals surface area contributed by atoms with Crippen molar-refractivity contribution in [3.63, 3.8) is 0 Å². The Labute approximate surface area is 141 Å². The number of nitrogens with zero attached hydrogens (tertiary/aromatic N) is 1. The van der Waals surface area contributed by atoms with Crippen LogP contribution in [0.5, 0.6) is 0 Å². The summed E-state index contributed by atoms with van der Waals surface area (Å²) in [6.45, 7) is 1.51. The number of nitrogens with one attached hydrogen (secondary N) is 1. The summed E-state index contributed by atoms with van der Waals surface area (Å²) >= 11 is 17.7. The molecule has 0 spiro atoms. The normalized spacial score (nSPS) is 18.2. The Morgan fingerprint density at radius 1 is 1.05 bits per heavy atom. The van der Waals surface area contributed by atoms with E-state index < -0.39 is 12.2 Å². The van der Waals surface area contributed by atoms with Crippen molar-refractivity contribution in [3.8, 4) is 0 Å². The zero-order valence-corrected chi connectivity index (χ0v) is 13.8. The number of halogens is 7. The third kappa shape index (κ3) is 4.30. The lowest BCUT2D eigenvalue weighted by Crippen LogP contribution is -2.49. The van der Waals surface area contributed by atoms with E-state index in [1.165, 1.54) is 17.0 Å². The summed E-state index contributed by atoms with van der Waals surface area (Å²) < 4.78 is 40.4. The summed E-state index contributed by atoms with van der Waals surface area (Å²) in [7, 11) is 0. The van der Waals surface area contributed by atoms with Crippen LogP contribution in [0.25, 0.3) is 0 Å². The van der Waals surface area contributed by atoms with Crippen LogP contribution in [0.2, 0.25) is 15.1 Å². The highest BCUT2D eigenvalue weighted by atomic mass is 35.5. The fraction of sp³-hybridized carbons (Fsp3) is 0.500. The maximum atomic E-state index is 13.5. The average molecular weight is 384 g/mol. The Hall–Kier alpha value is 0.0900. The monoisotopic (exact) mass is 382 g/mol. The number of hydrogen-bond donors (Lipinski definition) is 1. The highest BCUT2D eigenvalue weighted by molar-refractivity contribution is 6.44. The number of rotatable bonds is 2. The van der Waals surface area contributed by atoms with Gasteiger partial charge in [-0.1, -0.05) is 34.8 Å². The maximum Gasteiger partial charge on any atom is 0.408 e. The van der Waals surface area contributed by atoms with Crippen molar-refractivity contribution in [1.29, 1.82) is 0 Å². The summed E-state index contributed by atoms with van der Waals surface area (Å²) in [5.41, 5.74) is -0.171. The first-order valence-electron chi connectivity index (χ1n) is 5.97. The van der Waals surface area contributed by atoms with Crippen LogP contribution in [0.3, 0.4) is 0 Å². The lowest BCUT2D eigenvalue weighted by atomic mass is 10.0. The van der Waals surface area contributed by atoms with E-state index in [9.17, 15) is 13.2 Å². The van der Waals surface area contributed by atoms with Crippen LogP contribution in [-0.4, -0.2) is 37.3 Å². The summed E-state index contributed by atoms with van der Waals surface area (Å²) in [5, 5.41) is 2.91. The first kappa shape index (κ1) is 19.1. The van der Waals surface area contributed by atoms with Gasteiger partial charge in [0.2, 0.25) is 0 Å². The molecule has 1 aromatic rings. The average Bonchev–Trinajstić information content (AvgIpc) is 2.39. The van der Waals surface area contributed by atoms with Gasteiger partial charge in [0.25, 0.3) is 0 Å². The predicted octanol–water partition coefficient (Wildman–Crippen LogP) is 4.58. The third-order valence-corrected chi connectivity index (χ3v) is 4.33. The number of piperazine rings is 1. The molecule has 21 heavy (non-hydrogen) atoms. The highest BCUT2D eigenvalue weighted by Gasteiger charge is 2.47. The molecule has 1 aromatic carbocycles. The molecule has 1 aliphatic rings. The first-order valence-corrected chi connectivity index (χ1v) is 7.10. The third-order valence-electron chi connectivity index (χ3n) is 3.18. The van der Waals surface area contributed by atoms with Crippen LogP contribution in [0, 0.1) is 0 Å². The van der Waals surface area contributed by atoms with Gasteiger partial charge >= 0.3 is 6.18 Å². The van der Waals surface area contributed by atoms with Gasteiger partial charge in [0, 0.05) is 36.8 Å². The zero-order chi connectivity index (χ0) is 14.9. The van der Waals surface area contributed by atoms with E-state index in [1.807, 2.05) is 0 Å². The van der Waals surface area contributed by atoms with Crippen molar-refractivity contribution in [2.24, 2.45) is 0 Å². The van der Waals surface area contributed by atoms with Crippen LogP contribution < -0.4 is 5.32 Å². The van der Waals surface area contributed by atoms with Gasteiger partial charge in [0.1, 0.15) is 6.04 Å². The molecular formula is C12H13Cl4F3N2. The highest BCUT2D eigenvalue weighted by Crippen LogP contribution is 2.45. The van der Waals surface area contributed by atoms with Gasteiger partial charge < -0.3 is 5.32 Å². The second-order valence-electron chi connectivity index (χ2n) is 4.49. The van der Waals surface area contributed by atoms with E-state index in [4.69, 9.17) is 34.8 Å². The molecule has 1 aliphatic heterocycles. The molecule has 2 rings (SSSR count). The van der Waals surface area contributed by atoms with Crippen LogP contribution >= 0.6 is 47.2 Å². The van der Waals surface area contributed by atoms with Gasteiger partial charge in [0.05, 0.1) is 10.0 Å². The Balaban J connectivity index is 0.00000220.